The van der Waals surface area contributed by atoms with Crippen LogP contribution in [-0.4, -0.2) is 31.9 Å². The summed E-state index contributed by atoms with van der Waals surface area (Å²) in [5.74, 6) is -0.566. The average molecular weight is 192 g/mol. The lowest BCUT2D eigenvalue weighted by molar-refractivity contribution is 0.174. The molecule has 0 saturated heterocycles. The van der Waals surface area contributed by atoms with Crippen molar-refractivity contribution in [3.63, 3.8) is 0 Å². The zero-order valence-corrected chi connectivity index (χ0v) is 7.63. The topological polar surface area (TPSA) is 90.2 Å². The summed E-state index contributed by atoms with van der Waals surface area (Å²) in [5, 5.41) is 17.1. The molecule has 0 radical (unpaired) electrons. The van der Waals surface area contributed by atoms with Crippen molar-refractivity contribution in [3.8, 4) is 6.07 Å². The van der Waals surface area contributed by atoms with Crippen molar-refractivity contribution in [2.24, 2.45) is 0 Å². The molecule has 0 aromatic heterocycles. The predicted molar refractivity (Wildman–Crippen MR) is 43.7 cm³/mol. The standard InChI is InChI=1S/C6H12N2O3S/c1-2-6(9)5-8-12(10,11)4-3-7/h6,8-9H,2,4-5H2,1H3. The first-order valence-corrected chi connectivity index (χ1v) is 5.19. The highest BCUT2D eigenvalue weighted by Crippen LogP contribution is 1.89. The number of hydrogen-bond donors (Lipinski definition) is 2. The smallest absolute Gasteiger partial charge is 0.225 e. The molecule has 2 N–H and O–H groups in total. The summed E-state index contributed by atoms with van der Waals surface area (Å²) in [5.41, 5.74) is 0. The van der Waals surface area contributed by atoms with Crippen molar-refractivity contribution in [2.75, 3.05) is 12.3 Å². The van der Waals surface area contributed by atoms with E-state index >= 15 is 0 Å². The van der Waals surface area contributed by atoms with Gasteiger partial charge < -0.3 is 5.11 Å². The van der Waals surface area contributed by atoms with Crippen molar-refractivity contribution in [1.29, 1.82) is 5.26 Å². The van der Waals surface area contributed by atoms with Gasteiger partial charge >= 0.3 is 0 Å². The molecule has 0 rings (SSSR count). The molecule has 70 valence electrons. The average Bonchev–Trinajstić information content (AvgIpc) is 2.00. The highest BCUT2D eigenvalue weighted by molar-refractivity contribution is 7.89. The van der Waals surface area contributed by atoms with E-state index < -0.39 is 21.9 Å². The van der Waals surface area contributed by atoms with Crippen molar-refractivity contribution in [1.82, 2.24) is 4.72 Å². The Morgan fingerprint density at radius 3 is 2.67 bits per heavy atom. The van der Waals surface area contributed by atoms with Crippen LogP contribution in [0.4, 0.5) is 0 Å². The first-order valence-electron chi connectivity index (χ1n) is 3.54. The van der Waals surface area contributed by atoms with Crippen LogP contribution in [0, 0.1) is 11.3 Å². The van der Waals surface area contributed by atoms with E-state index in [1.54, 1.807) is 6.92 Å². The van der Waals surface area contributed by atoms with Crippen LogP contribution < -0.4 is 4.72 Å². The Labute approximate surface area is 72.1 Å². The zero-order valence-electron chi connectivity index (χ0n) is 6.82. The van der Waals surface area contributed by atoms with Gasteiger partial charge in [0, 0.05) is 6.54 Å². The molecule has 0 aliphatic heterocycles. The van der Waals surface area contributed by atoms with Gasteiger partial charge in [-0.1, -0.05) is 6.92 Å². The predicted octanol–water partition coefficient (Wildman–Crippen LogP) is -0.800. The number of aliphatic hydroxyl groups excluding tert-OH is 1. The Morgan fingerprint density at radius 2 is 2.25 bits per heavy atom. The summed E-state index contributed by atoms with van der Waals surface area (Å²) < 4.78 is 23.7. The quantitative estimate of drug-likeness (QED) is 0.596. The van der Waals surface area contributed by atoms with Crippen LogP contribution >= 0.6 is 0 Å². The van der Waals surface area contributed by atoms with E-state index in [2.05, 4.69) is 4.72 Å². The molecule has 5 nitrogen and oxygen atoms in total. The normalized spacial score (nSPS) is 13.8. The van der Waals surface area contributed by atoms with Crippen LogP contribution in [0.2, 0.25) is 0 Å². The van der Waals surface area contributed by atoms with Crippen LogP contribution in [0.5, 0.6) is 0 Å². The minimum Gasteiger partial charge on any atom is -0.392 e. The lowest BCUT2D eigenvalue weighted by Crippen LogP contribution is -2.33. The summed E-state index contributed by atoms with van der Waals surface area (Å²) in [4.78, 5) is 0. The van der Waals surface area contributed by atoms with E-state index in [1.807, 2.05) is 0 Å². The Hall–Kier alpha value is -0.640. The van der Waals surface area contributed by atoms with Crippen molar-refractivity contribution < 1.29 is 13.5 Å². The largest absolute Gasteiger partial charge is 0.392 e. The van der Waals surface area contributed by atoms with Crippen molar-refractivity contribution in [2.45, 2.75) is 19.4 Å². The number of hydrogen-bond acceptors (Lipinski definition) is 4. The molecule has 0 aromatic rings. The molecule has 0 spiro atoms. The van der Waals surface area contributed by atoms with Gasteiger partial charge in [0.15, 0.2) is 5.75 Å². The van der Waals surface area contributed by atoms with Crippen LogP contribution in [0.15, 0.2) is 0 Å². The van der Waals surface area contributed by atoms with Crippen LogP contribution in [0.3, 0.4) is 0 Å². The van der Waals surface area contributed by atoms with Gasteiger partial charge in [0.2, 0.25) is 10.0 Å². The molecule has 0 amide bonds. The first-order chi connectivity index (χ1) is 5.52. The number of aliphatic hydroxyl groups is 1. The monoisotopic (exact) mass is 192 g/mol. The van der Waals surface area contributed by atoms with Gasteiger partial charge in [-0.3, -0.25) is 0 Å². The summed E-state index contributed by atoms with van der Waals surface area (Å²) in [6.45, 7) is 1.71. The maximum atomic E-state index is 10.8. The van der Waals surface area contributed by atoms with Gasteiger partial charge in [-0.2, -0.15) is 5.26 Å². The number of rotatable bonds is 5. The molecule has 0 heterocycles. The molecular weight excluding hydrogens is 180 g/mol. The summed E-state index contributed by atoms with van der Waals surface area (Å²) in [7, 11) is -3.51. The molecule has 6 heteroatoms. The highest BCUT2D eigenvalue weighted by Gasteiger charge is 2.10. The summed E-state index contributed by atoms with van der Waals surface area (Å²) in [6, 6.07) is 1.52. The fraction of sp³-hybridized carbons (Fsp3) is 0.833. The molecule has 0 aliphatic rings. The Morgan fingerprint density at radius 1 is 1.67 bits per heavy atom. The molecule has 0 aliphatic carbocycles. The summed E-state index contributed by atoms with van der Waals surface area (Å²) >= 11 is 0. The third-order valence-corrected chi connectivity index (χ3v) is 2.38. The lowest BCUT2D eigenvalue weighted by atomic mass is 10.3. The van der Waals surface area contributed by atoms with E-state index in [9.17, 15) is 8.42 Å². The fourth-order valence-electron chi connectivity index (χ4n) is 0.504. The van der Waals surface area contributed by atoms with Crippen LogP contribution in [-0.2, 0) is 10.0 Å². The fourth-order valence-corrected chi connectivity index (χ4v) is 1.22. The minimum atomic E-state index is -3.51. The van der Waals surface area contributed by atoms with Crippen molar-refractivity contribution in [3.05, 3.63) is 0 Å². The van der Waals surface area contributed by atoms with Gasteiger partial charge in [-0.15, -0.1) is 0 Å². The third kappa shape index (κ3) is 5.07. The Balaban J connectivity index is 3.86. The van der Waals surface area contributed by atoms with E-state index in [4.69, 9.17) is 10.4 Å². The number of nitrogens with one attached hydrogen (secondary N) is 1. The van der Waals surface area contributed by atoms with Crippen molar-refractivity contribution >= 4 is 10.0 Å². The van der Waals surface area contributed by atoms with Gasteiger partial charge in [0.1, 0.15) is 0 Å². The maximum absolute atomic E-state index is 10.8. The molecule has 1 unspecified atom stereocenters. The van der Waals surface area contributed by atoms with Gasteiger partial charge in [-0.25, -0.2) is 13.1 Å². The van der Waals surface area contributed by atoms with E-state index in [0.29, 0.717) is 6.42 Å². The van der Waals surface area contributed by atoms with Crippen LogP contribution in [0.25, 0.3) is 0 Å². The molecule has 0 saturated carbocycles. The first kappa shape index (κ1) is 11.4. The Bertz CT molecular complexity index is 254. The molecule has 0 fully saturated rings. The number of nitriles is 1. The highest BCUT2D eigenvalue weighted by atomic mass is 32.2. The molecule has 0 aromatic carbocycles. The SMILES string of the molecule is CCC(O)CNS(=O)(=O)CC#N. The second-order valence-corrected chi connectivity index (χ2v) is 4.13. The number of nitrogens with zero attached hydrogens (tertiary/aromatic N) is 1. The van der Waals surface area contributed by atoms with E-state index in [-0.39, 0.29) is 6.54 Å². The molecule has 1 atom stereocenters. The summed E-state index contributed by atoms with van der Waals surface area (Å²) in [6.07, 6.45) is -0.201. The minimum absolute atomic E-state index is 0.0273. The second kappa shape index (κ2) is 5.09. The van der Waals surface area contributed by atoms with Crippen LogP contribution in [0.1, 0.15) is 13.3 Å². The molecular formula is C6H12N2O3S. The maximum Gasteiger partial charge on any atom is 0.225 e. The third-order valence-electron chi connectivity index (χ3n) is 1.26. The van der Waals surface area contributed by atoms with E-state index in [1.165, 1.54) is 6.07 Å². The lowest BCUT2D eigenvalue weighted by Gasteiger charge is -2.07. The second-order valence-electron chi connectivity index (χ2n) is 2.33. The van der Waals surface area contributed by atoms with Gasteiger partial charge in [-0.05, 0) is 6.42 Å². The van der Waals surface area contributed by atoms with Gasteiger partial charge in [0.05, 0.1) is 12.2 Å². The Kier molecular flexibility index (Phi) is 4.81. The van der Waals surface area contributed by atoms with Gasteiger partial charge in [0.25, 0.3) is 0 Å². The number of sulfonamides is 1. The molecule has 0 bridgehead atoms. The van der Waals surface area contributed by atoms with E-state index in [0.717, 1.165) is 0 Å². The zero-order chi connectivity index (χ0) is 9.61. The molecule has 12 heavy (non-hydrogen) atoms.